The monoisotopic (exact) mass is 226 g/mol. The molecule has 1 unspecified atom stereocenters. The normalized spacial score (nSPS) is 19.7. The Morgan fingerprint density at radius 2 is 2.38 bits per heavy atom. The van der Waals surface area contributed by atoms with Gasteiger partial charge in [0.05, 0.1) is 13.2 Å². The molecule has 5 heteroatoms. The quantitative estimate of drug-likeness (QED) is 0.852. The van der Waals surface area contributed by atoms with Gasteiger partial charge in [-0.15, -0.1) is 0 Å². The molecule has 0 spiro atoms. The van der Waals surface area contributed by atoms with Crippen molar-refractivity contribution in [2.75, 3.05) is 13.2 Å². The summed E-state index contributed by atoms with van der Waals surface area (Å²) in [5.41, 5.74) is -0.0340. The highest BCUT2D eigenvalue weighted by molar-refractivity contribution is 5.90. The first-order valence-electron chi connectivity index (χ1n) is 4.94. The number of carbonyl (C=O) groups is 1. The molecule has 1 aromatic carbocycles. The van der Waals surface area contributed by atoms with E-state index in [9.17, 15) is 9.18 Å². The van der Waals surface area contributed by atoms with Crippen molar-refractivity contribution in [1.82, 2.24) is 0 Å². The Morgan fingerprint density at radius 1 is 1.56 bits per heavy atom. The van der Waals surface area contributed by atoms with Crippen LogP contribution in [0.15, 0.2) is 18.2 Å². The third-order valence-electron chi connectivity index (χ3n) is 2.36. The van der Waals surface area contributed by atoms with Gasteiger partial charge in [0.25, 0.3) is 0 Å². The minimum atomic E-state index is -1.13. The van der Waals surface area contributed by atoms with Crippen molar-refractivity contribution in [3.63, 3.8) is 0 Å². The van der Waals surface area contributed by atoms with Crippen LogP contribution >= 0.6 is 0 Å². The fourth-order valence-corrected chi connectivity index (χ4v) is 1.56. The third-order valence-corrected chi connectivity index (χ3v) is 2.36. The molecule has 1 heterocycles. The number of carboxylic acid groups (broad SMARTS) is 1. The number of benzene rings is 1. The van der Waals surface area contributed by atoms with Crippen LogP contribution in [0.1, 0.15) is 16.8 Å². The second kappa shape index (κ2) is 4.49. The van der Waals surface area contributed by atoms with Gasteiger partial charge >= 0.3 is 5.97 Å². The zero-order valence-corrected chi connectivity index (χ0v) is 8.48. The molecule has 0 aliphatic carbocycles. The Hall–Kier alpha value is -1.62. The smallest absolute Gasteiger partial charge is 0.339 e. The van der Waals surface area contributed by atoms with E-state index in [1.165, 1.54) is 6.07 Å². The molecular weight excluding hydrogens is 215 g/mol. The van der Waals surface area contributed by atoms with Crippen LogP contribution in [0.3, 0.4) is 0 Å². The highest BCUT2D eigenvalue weighted by Gasteiger charge is 2.20. The lowest BCUT2D eigenvalue weighted by Crippen LogP contribution is -2.17. The Labute approximate surface area is 91.6 Å². The lowest BCUT2D eigenvalue weighted by molar-refractivity contribution is 0.0687. The molecule has 0 bridgehead atoms. The van der Waals surface area contributed by atoms with Crippen molar-refractivity contribution < 1.29 is 23.8 Å². The first kappa shape index (κ1) is 10.9. The minimum Gasteiger partial charge on any atom is -0.487 e. The molecule has 0 aromatic heterocycles. The standard InChI is InChI=1S/C11H11FO4/c12-7-1-2-9(11(13)14)10(5-7)16-8-3-4-15-6-8/h1-2,5,8H,3-4,6H2,(H,13,14). The Kier molecular flexibility index (Phi) is 3.05. The van der Waals surface area contributed by atoms with Crippen molar-refractivity contribution in [2.24, 2.45) is 0 Å². The van der Waals surface area contributed by atoms with Crippen LogP contribution in [0.2, 0.25) is 0 Å². The van der Waals surface area contributed by atoms with Gasteiger partial charge in [-0.2, -0.15) is 0 Å². The number of hydrogen-bond acceptors (Lipinski definition) is 3. The topological polar surface area (TPSA) is 55.8 Å². The van der Waals surface area contributed by atoms with E-state index in [1.807, 2.05) is 0 Å². The van der Waals surface area contributed by atoms with E-state index in [0.29, 0.717) is 19.6 Å². The van der Waals surface area contributed by atoms with Crippen LogP contribution in [0.25, 0.3) is 0 Å². The van der Waals surface area contributed by atoms with E-state index >= 15 is 0 Å². The molecule has 1 aliphatic heterocycles. The van der Waals surface area contributed by atoms with Gasteiger partial charge in [-0.25, -0.2) is 9.18 Å². The molecule has 4 nitrogen and oxygen atoms in total. The maximum atomic E-state index is 13.0. The molecule has 1 saturated heterocycles. The van der Waals surface area contributed by atoms with Crippen molar-refractivity contribution in [1.29, 1.82) is 0 Å². The molecule has 1 aliphatic rings. The molecule has 0 saturated carbocycles. The van der Waals surface area contributed by atoms with Gasteiger partial charge in [0.1, 0.15) is 23.2 Å². The fraction of sp³-hybridized carbons (Fsp3) is 0.364. The lowest BCUT2D eigenvalue weighted by atomic mass is 10.2. The predicted molar refractivity (Wildman–Crippen MR) is 53.2 cm³/mol. The van der Waals surface area contributed by atoms with Gasteiger partial charge in [-0.05, 0) is 12.1 Å². The van der Waals surface area contributed by atoms with Crippen LogP contribution in [-0.4, -0.2) is 30.4 Å². The van der Waals surface area contributed by atoms with Gasteiger partial charge < -0.3 is 14.6 Å². The predicted octanol–water partition coefficient (Wildman–Crippen LogP) is 1.69. The number of rotatable bonds is 3. The summed E-state index contributed by atoms with van der Waals surface area (Å²) < 4.78 is 23.5. The summed E-state index contributed by atoms with van der Waals surface area (Å²) in [5.74, 6) is -1.59. The lowest BCUT2D eigenvalue weighted by Gasteiger charge is -2.13. The molecule has 2 rings (SSSR count). The largest absolute Gasteiger partial charge is 0.487 e. The van der Waals surface area contributed by atoms with Crippen LogP contribution in [0, 0.1) is 5.82 Å². The van der Waals surface area contributed by atoms with E-state index in [0.717, 1.165) is 12.1 Å². The first-order valence-corrected chi connectivity index (χ1v) is 4.94. The van der Waals surface area contributed by atoms with Gasteiger partial charge in [-0.1, -0.05) is 0 Å². The van der Waals surface area contributed by atoms with Crippen molar-refractivity contribution in [3.05, 3.63) is 29.6 Å². The molecular formula is C11H11FO4. The second-order valence-corrected chi connectivity index (χ2v) is 3.55. The van der Waals surface area contributed by atoms with Crippen LogP contribution in [-0.2, 0) is 4.74 Å². The number of carboxylic acids is 1. The summed E-state index contributed by atoms with van der Waals surface area (Å²) >= 11 is 0. The Morgan fingerprint density at radius 3 is 3.00 bits per heavy atom. The fourth-order valence-electron chi connectivity index (χ4n) is 1.56. The number of ether oxygens (including phenoxy) is 2. The molecule has 1 fully saturated rings. The zero-order chi connectivity index (χ0) is 11.5. The van der Waals surface area contributed by atoms with Gasteiger partial charge in [-0.3, -0.25) is 0 Å². The van der Waals surface area contributed by atoms with Crippen LogP contribution in [0.4, 0.5) is 4.39 Å². The maximum absolute atomic E-state index is 13.0. The molecule has 16 heavy (non-hydrogen) atoms. The average molecular weight is 226 g/mol. The summed E-state index contributed by atoms with van der Waals surface area (Å²) in [7, 11) is 0. The van der Waals surface area contributed by atoms with Crippen LogP contribution < -0.4 is 4.74 Å². The molecule has 0 radical (unpaired) electrons. The molecule has 86 valence electrons. The van der Waals surface area contributed by atoms with Crippen molar-refractivity contribution in [3.8, 4) is 5.75 Å². The van der Waals surface area contributed by atoms with Gasteiger partial charge in [0, 0.05) is 12.5 Å². The summed E-state index contributed by atoms with van der Waals surface area (Å²) in [6.45, 7) is 0.998. The van der Waals surface area contributed by atoms with E-state index in [4.69, 9.17) is 14.6 Å². The number of halogens is 1. The Balaban J connectivity index is 2.22. The van der Waals surface area contributed by atoms with E-state index in [-0.39, 0.29) is 17.4 Å². The third kappa shape index (κ3) is 2.30. The Bertz CT molecular complexity index is 399. The van der Waals surface area contributed by atoms with Gasteiger partial charge in [0.2, 0.25) is 0 Å². The average Bonchev–Trinajstić information content (AvgIpc) is 2.70. The number of hydrogen-bond donors (Lipinski definition) is 1. The van der Waals surface area contributed by atoms with E-state index in [2.05, 4.69) is 0 Å². The molecule has 1 atom stereocenters. The van der Waals surface area contributed by atoms with Crippen molar-refractivity contribution >= 4 is 5.97 Å². The molecule has 0 amide bonds. The summed E-state index contributed by atoms with van der Waals surface area (Å²) in [6, 6.07) is 3.38. The van der Waals surface area contributed by atoms with E-state index < -0.39 is 11.8 Å². The van der Waals surface area contributed by atoms with E-state index in [1.54, 1.807) is 0 Å². The van der Waals surface area contributed by atoms with Gasteiger partial charge in [0.15, 0.2) is 0 Å². The second-order valence-electron chi connectivity index (χ2n) is 3.55. The van der Waals surface area contributed by atoms with Crippen LogP contribution in [0.5, 0.6) is 5.75 Å². The molecule has 1 aromatic rings. The SMILES string of the molecule is O=C(O)c1ccc(F)cc1OC1CCOC1. The summed E-state index contributed by atoms with van der Waals surface area (Å²) in [4.78, 5) is 10.9. The molecule has 1 N–H and O–H groups in total. The zero-order valence-electron chi connectivity index (χ0n) is 8.48. The number of aromatic carboxylic acids is 1. The minimum absolute atomic E-state index is 0.0340. The highest BCUT2D eigenvalue weighted by Crippen LogP contribution is 2.23. The summed E-state index contributed by atoms with van der Waals surface area (Å²) in [5, 5.41) is 8.90. The summed E-state index contributed by atoms with van der Waals surface area (Å²) in [6.07, 6.45) is 0.496. The maximum Gasteiger partial charge on any atom is 0.339 e. The van der Waals surface area contributed by atoms with Crippen molar-refractivity contribution in [2.45, 2.75) is 12.5 Å². The first-order chi connectivity index (χ1) is 7.66. The highest BCUT2D eigenvalue weighted by atomic mass is 19.1.